The van der Waals surface area contributed by atoms with Gasteiger partial charge in [0.25, 0.3) is 11.1 Å². The third-order valence-corrected chi connectivity index (χ3v) is 20.2. The molecular weight excluding hydrogens is 1090 g/mol. The maximum Gasteiger partial charge on any atom is 0.410 e. The van der Waals surface area contributed by atoms with Gasteiger partial charge in [0.15, 0.2) is 0 Å². The lowest BCUT2D eigenvalue weighted by molar-refractivity contribution is 0.0256. The van der Waals surface area contributed by atoms with Gasteiger partial charge in [-0.25, -0.2) is 14.8 Å². The quantitative estimate of drug-likeness (QED) is 0.0563. The molecule has 2 saturated carbocycles. The molecule has 4 aliphatic rings. The highest BCUT2D eigenvalue weighted by atomic mass is 16.6. The van der Waals surface area contributed by atoms with Crippen molar-refractivity contribution >= 4 is 96.0 Å². The van der Waals surface area contributed by atoms with Gasteiger partial charge in [-0.2, -0.15) is 0 Å². The third-order valence-electron chi connectivity index (χ3n) is 20.2. The number of carbonyl (C=O) groups is 1. The summed E-state index contributed by atoms with van der Waals surface area (Å²) in [4.78, 5) is 71.8. The van der Waals surface area contributed by atoms with Crippen LogP contribution in [0.15, 0.2) is 74.9 Å². The van der Waals surface area contributed by atoms with E-state index in [1.807, 2.05) is 47.2 Å². The average molecular weight is 1190 g/mol. The van der Waals surface area contributed by atoms with Gasteiger partial charge >= 0.3 is 6.09 Å². The molecule has 0 bridgehead atoms. The van der Waals surface area contributed by atoms with Crippen LogP contribution in [-0.4, -0.2) is 117 Å². The molecule has 3 unspecified atom stereocenters. The minimum absolute atomic E-state index is 0. The van der Waals surface area contributed by atoms with E-state index in [0.29, 0.717) is 54.8 Å². The molecule has 8 aromatic rings. The Kier molecular flexibility index (Phi) is 18.0. The van der Waals surface area contributed by atoms with Gasteiger partial charge in [0.2, 0.25) is 0 Å². The molecule has 12 rings (SSSR count). The summed E-state index contributed by atoms with van der Waals surface area (Å²) in [5.74, 6) is 1.45. The number of nitrogens with zero attached hydrogens (tertiary/aromatic N) is 9. The fraction of sp³-hybridized carbons (Fsp3) is 0.547. The number of rotatable bonds is 15. The van der Waals surface area contributed by atoms with E-state index in [1.165, 1.54) is 25.7 Å². The van der Waals surface area contributed by atoms with Gasteiger partial charge in [-0.15, -0.1) is 5.73 Å². The molecule has 3 aromatic heterocycles. The van der Waals surface area contributed by atoms with E-state index in [-0.39, 0.29) is 42.6 Å². The Hall–Kier alpha value is -6.79. The predicted octanol–water partition coefficient (Wildman–Crippen LogP) is 14.8. The van der Waals surface area contributed by atoms with Gasteiger partial charge in [0.05, 0.1) is 18.6 Å². The second kappa shape index (κ2) is 25.2. The number of carbonyl (C=O) groups excluding carboxylic acids is 1. The lowest BCUT2D eigenvalue weighted by atomic mass is 9.75. The molecule has 5 heterocycles. The Labute approximate surface area is 521 Å². The largest absolute Gasteiger partial charge is 0.444 e. The molecule has 0 N–H and O–H groups in total. The molecule has 13 heteroatoms. The van der Waals surface area contributed by atoms with Gasteiger partial charge in [0, 0.05) is 131 Å². The van der Waals surface area contributed by atoms with Crippen LogP contribution >= 0.6 is 0 Å². The molecule has 1 amide bonds. The number of pyridine rings is 2. The van der Waals surface area contributed by atoms with Gasteiger partial charge in [-0.3, -0.25) is 29.0 Å². The lowest BCUT2D eigenvalue weighted by Crippen LogP contribution is -2.47. The zero-order valence-corrected chi connectivity index (χ0v) is 53.5. The van der Waals surface area contributed by atoms with Crippen LogP contribution in [0.1, 0.15) is 195 Å². The van der Waals surface area contributed by atoms with Gasteiger partial charge in [0.1, 0.15) is 11.4 Å². The van der Waals surface area contributed by atoms with Crippen molar-refractivity contribution in [1.29, 1.82) is 0 Å². The number of likely N-dealkylation sites (tertiary alicyclic amines) is 1. The zero-order valence-electron chi connectivity index (χ0n) is 53.5. The van der Waals surface area contributed by atoms with E-state index < -0.39 is 11.0 Å². The standard InChI is InChI=1S/C74H93N9O4.CH4/c1-12-61-53-27-28-55-65-60(74(10,44-75-11)45-76-46-80-37-35-79(36-38-80)43-47(2)21-19-32-72(4,5)6)40-57-48(3)82(51-23-15-13-16-24-51)69(84)56-30-29-54(67(65)64(56)57)63-58(39-59(62(53)66(55)63)70(85)83(61)52-25-17-14-18-26-52)50-41-77-68(78-42-50)49-22-20-33-81(34-31-49)71(86)87-73(7,8)9;/h27-30,39-42,45,47,49,51-52H,1,3,11,13-26,31-38,43-44,46H2,2,4-10H3;1H4/b76-45-;. The van der Waals surface area contributed by atoms with Crippen LogP contribution in [0, 0.1) is 11.3 Å². The van der Waals surface area contributed by atoms with Crippen molar-refractivity contribution in [2.75, 3.05) is 59.0 Å². The van der Waals surface area contributed by atoms with E-state index in [2.05, 4.69) is 106 Å². The van der Waals surface area contributed by atoms with Crippen LogP contribution in [0.3, 0.4) is 0 Å². The van der Waals surface area contributed by atoms with Crippen molar-refractivity contribution in [2.45, 2.75) is 195 Å². The van der Waals surface area contributed by atoms with E-state index in [0.717, 1.165) is 190 Å². The number of amides is 1. The minimum Gasteiger partial charge on any atom is -0.444 e. The lowest BCUT2D eigenvalue weighted by Gasteiger charge is -2.35. The molecule has 4 fully saturated rings. The minimum atomic E-state index is -0.762. The molecular formula is C75H97N9O4. The summed E-state index contributed by atoms with van der Waals surface area (Å²) in [7, 11) is 0. The summed E-state index contributed by atoms with van der Waals surface area (Å²) >= 11 is 0. The topological polar surface area (TPSA) is 131 Å². The summed E-state index contributed by atoms with van der Waals surface area (Å²) < 4.78 is 9.80. The maximum absolute atomic E-state index is 15.8. The maximum atomic E-state index is 15.8. The van der Waals surface area contributed by atoms with Crippen molar-refractivity contribution in [3.05, 3.63) is 98.2 Å². The Morgan fingerprint density at radius 2 is 1.31 bits per heavy atom. The second-order valence-electron chi connectivity index (χ2n) is 29.1. The Morgan fingerprint density at radius 3 is 1.95 bits per heavy atom. The summed E-state index contributed by atoms with van der Waals surface area (Å²) in [5.41, 5.74) is 4.99. The average Bonchev–Trinajstić information content (AvgIpc) is 0.703. The summed E-state index contributed by atoms with van der Waals surface area (Å²) in [6, 6.07) is 13.2. The second-order valence-corrected chi connectivity index (χ2v) is 29.1. The molecule has 3 atom stereocenters. The van der Waals surface area contributed by atoms with E-state index in [9.17, 15) is 4.79 Å². The molecule has 13 nitrogen and oxygen atoms in total. The summed E-state index contributed by atoms with van der Waals surface area (Å²) in [5, 5.41) is 12.3. The van der Waals surface area contributed by atoms with E-state index in [1.54, 1.807) is 0 Å². The number of aliphatic imine (C=N–C) groups is 2. The highest BCUT2D eigenvalue weighted by molar-refractivity contribution is 6.42. The number of piperazine rings is 1. The Bertz CT molecular complexity index is 4180. The molecule has 2 aliphatic heterocycles. The Balaban J connectivity index is 0.00000800. The van der Waals surface area contributed by atoms with Crippen LogP contribution in [0.25, 0.3) is 88.1 Å². The molecule has 0 radical (unpaired) electrons. The van der Waals surface area contributed by atoms with Crippen LogP contribution in [0.4, 0.5) is 4.79 Å². The van der Waals surface area contributed by atoms with Gasteiger partial charge < -0.3 is 19.1 Å². The zero-order chi connectivity index (χ0) is 61.1. The normalized spacial score (nSPS) is 19.5. The first kappa shape index (κ1) is 62.8. The molecule has 88 heavy (non-hydrogen) atoms. The summed E-state index contributed by atoms with van der Waals surface area (Å²) in [6.45, 7) is 37.9. The van der Waals surface area contributed by atoms with E-state index in [4.69, 9.17) is 31.3 Å². The number of ether oxygens (including phenoxy) is 1. The van der Waals surface area contributed by atoms with Crippen LogP contribution in [-0.2, 0) is 10.2 Å². The number of hydrogen-bond donors (Lipinski definition) is 0. The molecule has 5 aromatic carbocycles. The fourth-order valence-electron chi connectivity index (χ4n) is 15.9. The van der Waals surface area contributed by atoms with Gasteiger partial charge in [-0.05, 0) is 165 Å². The van der Waals surface area contributed by atoms with Crippen molar-refractivity contribution in [3.8, 4) is 11.1 Å². The summed E-state index contributed by atoms with van der Waals surface area (Å²) in [6.07, 6.45) is 22.2. The number of benzene rings is 5. The molecule has 466 valence electrons. The van der Waals surface area contributed by atoms with Crippen molar-refractivity contribution in [2.24, 2.45) is 21.3 Å². The fourth-order valence-corrected chi connectivity index (χ4v) is 15.9. The third kappa shape index (κ3) is 12.0. The molecule has 0 spiro atoms. The van der Waals surface area contributed by atoms with Crippen LogP contribution in [0.2, 0.25) is 0 Å². The highest BCUT2D eigenvalue weighted by Crippen LogP contribution is 2.50. The van der Waals surface area contributed by atoms with Crippen molar-refractivity contribution in [1.82, 2.24) is 33.8 Å². The van der Waals surface area contributed by atoms with E-state index >= 15 is 9.59 Å². The first-order valence-corrected chi connectivity index (χ1v) is 33.0. The monoisotopic (exact) mass is 1190 g/mol. The Morgan fingerprint density at radius 1 is 0.705 bits per heavy atom. The number of aromatic nitrogens is 4. The van der Waals surface area contributed by atoms with Gasteiger partial charge in [-0.1, -0.05) is 111 Å². The molecule has 2 aliphatic carbocycles. The van der Waals surface area contributed by atoms with Crippen molar-refractivity contribution < 1.29 is 9.53 Å². The van der Waals surface area contributed by atoms with Crippen LogP contribution in [0.5, 0.6) is 0 Å². The molecule has 2 saturated heterocycles. The SMILES string of the molecule is C.C=C=c1c2ccc3c4c(C(C)(/C=N\CN5CCN(CC(C)CCCC(C)(C)C)CC5)CN=C)cc5c(=C)n(C6CCCCC6)c(=O)c6ccc(c7c(-c8cnc(C9CCCN(C(=O)OC(C)(C)C)CC9)nc8)cc(c(=O)n1C1CCCCC1)c2c37)c4c56. The number of fused-ring (bicyclic) bond motifs is 2. The first-order chi connectivity index (χ1) is 41.8. The number of hydrogen-bond acceptors (Lipinski definition) is 10. The smallest absolute Gasteiger partial charge is 0.410 e. The highest BCUT2D eigenvalue weighted by Gasteiger charge is 2.35. The van der Waals surface area contributed by atoms with Crippen molar-refractivity contribution in [3.63, 3.8) is 0 Å². The van der Waals surface area contributed by atoms with Crippen LogP contribution < -0.4 is 21.8 Å². The first-order valence-electron chi connectivity index (χ1n) is 33.0. The predicted molar refractivity (Wildman–Crippen MR) is 368 cm³/mol.